The molecule has 1 unspecified atom stereocenters. The van der Waals surface area contributed by atoms with E-state index in [2.05, 4.69) is 43.1 Å². The van der Waals surface area contributed by atoms with Gasteiger partial charge in [-0.1, -0.05) is 26.0 Å². The minimum Gasteiger partial charge on any atom is -0.318 e. The van der Waals surface area contributed by atoms with Crippen LogP contribution in [0.25, 0.3) is 0 Å². The van der Waals surface area contributed by atoms with Gasteiger partial charge in [-0.15, -0.1) is 0 Å². The van der Waals surface area contributed by atoms with Crippen LogP contribution in [0.2, 0.25) is 0 Å². The molecule has 1 N–H and O–H groups in total. The molecule has 0 saturated heterocycles. The summed E-state index contributed by atoms with van der Waals surface area (Å²) >= 11 is 0. The first-order valence-electron chi connectivity index (χ1n) is 6.72. The van der Waals surface area contributed by atoms with Gasteiger partial charge in [0.1, 0.15) is 0 Å². The molecule has 16 heavy (non-hydrogen) atoms. The molecule has 2 nitrogen and oxygen atoms in total. The second kappa shape index (κ2) is 11.2. The SMILES string of the molecule is C/C=C\CCC(C)CCN(CC)CCNC. The Morgan fingerprint density at radius 3 is 2.56 bits per heavy atom. The zero-order chi connectivity index (χ0) is 12.2. The quantitative estimate of drug-likeness (QED) is 0.576. The molecule has 0 rings (SSSR count). The van der Waals surface area contributed by atoms with Gasteiger partial charge in [0.25, 0.3) is 0 Å². The maximum Gasteiger partial charge on any atom is 0.0107 e. The minimum absolute atomic E-state index is 0.847. The highest BCUT2D eigenvalue weighted by atomic mass is 15.1. The lowest BCUT2D eigenvalue weighted by molar-refractivity contribution is 0.265. The number of nitrogens with zero attached hydrogens (tertiary/aromatic N) is 1. The molecule has 2 heteroatoms. The van der Waals surface area contributed by atoms with Gasteiger partial charge >= 0.3 is 0 Å². The Hall–Kier alpha value is -0.340. The third-order valence-electron chi connectivity index (χ3n) is 3.13. The highest BCUT2D eigenvalue weighted by molar-refractivity contribution is 4.77. The predicted molar refractivity (Wildman–Crippen MR) is 73.9 cm³/mol. The third kappa shape index (κ3) is 8.93. The van der Waals surface area contributed by atoms with Crippen molar-refractivity contribution in [3.8, 4) is 0 Å². The lowest BCUT2D eigenvalue weighted by Crippen LogP contribution is -2.32. The van der Waals surface area contributed by atoms with Crippen LogP contribution in [0.4, 0.5) is 0 Å². The number of rotatable bonds is 10. The van der Waals surface area contributed by atoms with Gasteiger partial charge in [0.05, 0.1) is 0 Å². The van der Waals surface area contributed by atoms with Gasteiger partial charge in [-0.2, -0.15) is 0 Å². The van der Waals surface area contributed by atoms with Crippen molar-refractivity contribution in [1.29, 1.82) is 0 Å². The Labute approximate surface area is 102 Å². The van der Waals surface area contributed by atoms with Crippen LogP contribution in [0.1, 0.15) is 40.0 Å². The number of nitrogens with one attached hydrogen (secondary N) is 1. The standard InChI is InChI=1S/C14H30N2/c1-5-7-8-9-14(3)10-12-16(6-2)13-11-15-4/h5,7,14-15H,6,8-13H2,1-4H3/b7-5-. The molecule has 0 saturated carbocycles. The lowest BCUT2D eigenvalue weighted by atomic mass is 10.0. The summed E-state index contributed by atoms with van der Waals surface area (Å²) in [7, 11) is 2.02. The van der Waals surface area contributed by atoms with Gasteiger partial charge in [-0.05, 0) is 52.2 Å². The Morgan fingerprint density at radius 1 is 1.25 bits per heavy atom. The van der Waals surface area contributed by atoms with Gasteiger partial charge in [-0.25, -0.2) is 0 Å². The van der Waals surface area contributed by atoms with Crippen LogP contribution in [0, 0.1) is 5.92 Å². The number of likely N-dealkylation sites (N-methyl/N-ethyl adjacent to an activating group) is 2. The molecule has 0 heterocycles. The third-order valence-corrected chi connectivity index (χ3v) is 3.13. The molecule has 0 aromatic carbocycles. The largest absolute Gasteiger partial charge is 0.318 e. The van der Waals surface area contributed by atoms with E-state index < -0.39 is 0 Å². The smallest absolute Gasteiger partial charge is 0.0107 e. The van der Waals surface area contributed by atoms with E-state index in [0.29, 0.717) is 0 Å². The highest BCUT2D eigenvalue weighted by Gasteiger charge is 2.05. The van der Waals surface area contributed by atoms with E-state index in [1.807, 2.05) is 7.05 Å². The molecule has 0 amide bonds. The van der Waals surface area contributed by atoms with Crippen LogP contribution in [0.5, 0.6) is 0 Å². The van der Waals surface area contributed by atoms with Crippen molar-refractivity contribution in [2.75, 3.05) is 33.2 Å². The second-order valence-electron chi connectivity index (χ2n) is 4.58. The van der Waals surface area contributed by atoms with Crippen LogP contribution >= 0.6 is 0 Å². The summed E-state index contributed by atoms with van der Waals surface area (Å²) in [6.07, 6.45) is 8.32. The van der Waals surface area contributed by atoms with E-state index in [-0.39, 0.29) is 0 Å². The van der Waals surface area contributed by atoms with Gasteiger partial charge in [0, 0.05) is 13.1 Å². The molecular formula is C14H30N2. The van der Waals surface area contributed by atoms with Crippen molar-refractivity contribution in [2.24, 2.45) is 5.92 Å². The predicted octanol–water partition coefficient (Wildman–Crippen LogP) is 2.91. The summed E-state index contributed by atoms with van der Waals surface area (Å²) in [6, 6.07) is 0. The van der Waals surface area contributed by atoms with Crippen molar-refractivity contribution in [3.05, 3.63) is 12.2 Å². The Morgan fingerprint density at radius 2 is 2.00 bits per heavy atom. The van der Waals surface area contributed by atoms with Crippen molar-refractivity contribution in [1.82, 2.24) is 10.2 Å². The summed E-state index contributed by atoms with van der Waals surface area (Å²) < 4.78 is 0. The fourth-order valence-corrected chi connectivity index (χ4v) is 1.79. The van der Waals surface area contributed by atoms with Crippen LogP contribution in [-0.2, 0) is 0 Å². The molecular weight excluding hydrogens is 196 g/mol. The highest BCUT2D eigenvalue weighted by Crippen LogP contribution is 2.11. The molecule has 1 atom stereocenters. The molecule has 0 aromatic heterocycles. The molecule has 0 radical (unpaired) electrons. The Kier molecular flexibility index (Phi) is 10.9. The topological polar surface area (TPSA) is 15.3 Å². The Balaban J connectivity index is 3.57. The van der Waals surface area contributed by atoms with E-state index in [1.165, 1.54) is 38.9 Å². The summed E-state index contributed by atoms with van der Waals surface area (Å²) in [6.45, 7) is 11.4. The van der Waals surface area contributed by atoms with Crippen LogP contribution in [0.3, 0.4) is 0 Å². The summed E-state index contributed by atoms with van der Waals surface area (Å²) in [5.41, 5.74) is 0. The number of allylic oxidation sites excluding steroid dienone is 2. The average Bonchev–Trinajstić information content (AvgIpc) is 2.30. The fraction of sp³-hybridized carbons (Fsp3) is 0.857. The second-order valence-corrected chi connectivity index (χ2v) is 4.58. The average molecular weight is 226 g/mol. The molecule has 0 aliphatic carbocycles. The molecule has 0 aliphatic rings. The van der Waals surface area contributed by atoms with E-state index >= 15 is 0 Å². The van der Waals surface area contributed by atoms with E-state index in [9.17, 15) is 0 Å². The van der Waals surface area contributed by atoms with Gasteiger partial charge in [0.2, 0.25) is 0 Å². The molecule has 0 bridgehead atoms. The van der Waals surface area contributed by atoms with Crippen molar-refractivity contribution in [2.45, 2.75) is 40.0 Å². The van der Waals surface area contributed by atoms with Crippen LogP contribution in [-0.4, -0.2) is 38.1 Å². The maximum absolute atomic E-state index is 3.21. The van der Waals surface area contributed by atoms with E-state index in [0.717, 1.165) is 12.5 Å². The molecule has 0 aromatic rings. The number of hydrogen-bond acceptors (Lipinski definition) is 2. The summed E-state index contributed by atoms with van der Waals surface area (Å²) in [5, 5.41) is 3.21. The van der Waals surface area contributed by atoms with Crippen LogP contribution in [0.15, 0.2) is 12.2 Å². The van der Waals surface area contributed by atoms with Crippen molar-refractivity contribution in [3.63, 3.8) is 0 Å². The fourth-order valence-electron chi connectivity index (χ4n) is 1.79. The summed E-state index contributed by atoms with van der Waals surface area (Å²) in [4.78, 5) is 2.53. The zero-order valence-corrected chi connectivity index (χ0v) is 11.6. The van der Waals surface area contributed by atoms with Crippen molar-refractivity contribution < 1.29 is 0 Å². The normalized spacial score (nSPS) is 13.8. The first kappa shape index (κ1) is 15.7. The van der Waals surface area contributed by atoms with Gasteiger partial charge in [-0.3, -0.25) is 0 Å². The maximum atomic E-state index is 3.21. The van der Waals surface area contributed by atoms with Gasteiger partial charge < -0.3 is 10.2 Å². The Bertz CT molecular complexity index is 166. The van der Waals surface area contributed by atoms with E-state index in [1.54, 1.807) is 0 Å². The first-order valence-corrected chi connectivity index (χ1v) is 6.72. The lowest BCUT2D eigenvalue weighted by Gasteiger charge is -2.22. The first-order chi connectivity index (χ1) is 7.74. The summed E-state index contributed by atoms with van der Waals surface area (Å²) in [5.74, 6) is 0.847. The van der Waals surface area contributed by atoms with E-state index in [4.69, 9.17) is 0 Å². The molecule has 96 valence electrons. The van der Waals surface area contributed by atoms with Crippen molar-refractivity contribution >= 4 is 0 Å². The van der Waals surface area contributed by atoms with Crippen LogP contribution < -0.4 is 5.32 Å². The molecule has 0 spiro atoms. The molecule has 0 aliphatic heterocycles. The van der Waals surface area contributed by atoms with Gasteiger partial charge in [0.15, 0.2) is 0 Å². The number of hydrogen-bond donors (Lipinski definition) is 1. The molecule has 0 fully saturated rings. The zero-order valence-electron chi connectivity index (χ0n) is 11.6. The minimum atomic E-state index is 0.847. The monoisotopic (exact) mass is 226 g/mol.